The number of nitrogens with one attached hydrogen (secondary N) is 1. The lowest BCUT2D eigenvalue weighted by molar-refractivity contribution is -0.118. The number of carbonyl (C=O) groups is 1. The minimum atomic E-state index is -0.157. The summed E-state index contributed by atoms with van der Waals surface area (Å²) >= 11 is 1.44. The SMILES string of the molecule is C.Nc1cccc(C(CC2CCCC2)C(=O)Nc2nccs2)c1. The molecule has 1 amide bonds. The maximum Gasteiger partial charge on any atom is 0.233 e. The molecule has 124 valence electrons. The molecular weight excluding hydrogens is 306 g/mol. The zero-order valence-corrected chi connectivity index (χ0v) is 13.3. The summed E-state index contributed by atoms with van der Waals surface area (Å²) in [6, 6.07) is 7.69. The summed E-state index contributed by atoms with van der Waals surface area (Å²) in [5.41, 5.74) is 7.60. The first-order valence-electron chi connectivity index (χ1n) is 7.78. The van der Waals surface area contributed by atoms with E-state index in [1.54, 1.807) is 6.20 Å². The van der Waals surface area contributed by atoms with Gasteiger partial charge in [-0.05, 0) is 30.0 Å². The highest BCUT2D eigenvalue weighted by Crippen LogP contribution is 2.35. The fourth-order valence-electron chi connectivity index (χ4n) is 3.23. The predicted octanol–water partition coefficient (Wildman–Crippen LogP) is 4.66. The first kappa shape index (κ1) is 17.5. The fraction of sp³-hybridized carbons (Fsp3) is 0.444. The van der Waals surface area contributed by atoms with Crippen LogP contribution in [-0.2, 0) is 4.79 Å². The molecule has 23 heavy (non-hydrogen) atoms. The Balaban J connectivity index is 0.00000192. The second-order valence-corrected chi connectivity index (χ2v) is 6.83. The average molecular weight is 331 g/mol. The molecule has 0 spiro atoms. The molecule has 1 unspecified atom stereocenters. The van der Waals surface area contributed by atoms with Crippen LogP contribution in [0.1, 0.15) is 51.0 Å². The second kappa shape index (κ2) is 8.11. The van der Waals surface area contributed by atoms with E-state index in [1.807, 2.05) is 29.6 Å². The normalized spacial score (nSPS) is 15.8. The number of rotatable bonds is 5. The van der Waals surface area contributed by atoms with Crippen molar-refractivity contribution >= 4 is 28.1 Å². The molecule has 1 aliphatic carbocycles. The fourth-order valence-corrected chi connectivity index (χ4v) is 3.76. The van der Waals surface area contributed by atoms with Gasteiger partial charge in [-0.25, -0.2) is 4.98 Å². The Labute approximate surface area is 142 Å². The van der Waals surface area contributed by atoms with Crippen LogP contribution in [-0.4, -0.2) is 10.9 Å². The van der Waals surface area contributed by atoms with Crippen LogP contribution >= 0.6 is 11.3 Å². The van der Waals surface area contributed by atoms with Gasteiger partial charge in [-0.3, -0.25) is 4.79 Å². The molecule has 1 aromatic carbocycles. The smallest absolute Gasteiger partial charge is 0.233 e. The lowest BCUT2D eigenvalue weighted by atomic mass is 9.87. The maximum absolute atomic E-state index is 12.7. The Morgan fingerprint density at radius 1 is 1.39 bits per heavy atom. The number of hydrogen-bond acceptors (Lipinski definition) is 4. The summed E-state index contributed by atoms with van der Waals surface area (Å²) in [5.74, 6) is 0.497. The molecule has 1 saturated carbocycles. The topological polar surface area (TPSA) is 68.0 Å². The van der Waals surface area contributed by atoms with Crippen LogP contribution < -0.4 is 11.1 Å². The molecule has 0 bridgehead atoms. The number of aromatic nitrogens is 1. The molecule has 1 aliphatic rings. The molecule has 1 heterocycles. The van der Waals surface area contributed by atoms with Crippen molar-refractivity contribution in [2.45, 2.75) is 45.4 Å². The van der Waals surface area contributed by atoms with E-state index in [1.165, 1.54) is 37.0 Å². The number of nitrogens with two attached hydrogens (primary N) is 1. The van der Waals surface area contributed by atoms with Gasteiger partial charge in [0.1, 0.15) is 0 Å². The number of hydrogen-bond donors (Lipinski definition) is 2. The minimum Gasteiger partial charge on any atom is -0.399 e. The summed E-state index contributed by atoms with van der Waals surface area (Å²) in [7, 11) is 0. The van der Waals surface area contributed by atoms with Crippen molar-refractivity contribution < 1.29 is 4.79 Å². The van der Waals surface area contributed by atoms with Gasteiger partial charge in [-0.1, -0.05) is 45.2 Å². The van der Waals surface area contributed by atoms with E-state index in [9.17, 15) is 4.79 Å². The minimum absolute atomic E-state index is 0. The highest BCUT2D eigenvalue weighted by molar-refractivity contribution is 7.13. The zero-order valence-electron chi connectivity index (χ0n) is 12.5. The van der Waals surface area contributed by atoms with E-state index in [2.05, 4.69) is 10.3 Å². The summed E-state index contributed by atoms with van der Waals surface area (Å²) in [6.45, 7) is 0. The van der Waals surface area contributed by atoms with Gasteiger partial charge >= 0.3 is 0 Å². The third-order valence-electron chi connectivity index (χ3n) is 4.34. The molecule has 1 atom stereocenters. The molecule has 3 N–H and O–H groups in total. The Bertz CT molecular complexity index is 621. The van der Waals surface area contributed by atoms with Crippen molar-refractivity contribution in [3.05, 3.63) is 41.4 Å². The van der Waals surface area contributed by atoms with Crippen LogP contribution in [0.4, 0.5) is 10.8 Å². The van der Waals surface area contributed by atoms with Crippen molar-refractivity contribution in [3.63, 3.8) is 0 Å². The predicted molar refractivity (Wildman–Crippen MR) is 97.6 cm³/mol. The van der Waals surface area contributed by atoms with Gasteiger partial charge in [0.25, 0.3) is 0 Å². The first-order chi connectivity index (χ1) is 10.7. The van der Waals surface area contributed by atoms with Crippen LogP contribution in [0.15, 0.2) is 35.8 Å². The van der Waals surface area contributed by atoms with Crippen molar-refractivity contribution in [2.75, 3.05) is 11.1 Å². The molecule has 0 saturated heterocycles. The Morgan fingerprint density at radius 3 is 2.83 bits per heavy atom. The van der Waals surface area contributed by atoms with Crippen LogP contribution in [0.5, 0.6) is 0 Å². The molecule has 4 nitrogen and oxygen atoms in total. The van der Waals surface area contributed by atoms with E-state index in [0.29, 0.717) is 16.7 Å². The lowest BCUT2D eigenvalue weighted by Crippen LogP contribution is -2.23. The van der Waals surface area contributed by atoms with Crippen molar-refractivity contribution in [1.29, 1.82) is 0 Å². The standard InChI is InChI=1S/C17H21N3OS.CH4/c18-14-7-3-6-13(11-14)15(10-12-4-1-2-5-12)16(21)20-17-19-8-9-22-17;/h3,6-9,11-12,15H,1-2,4-5,10,18H2,(H,19,20,21);1H4. The summed E-state index contributed by atoms with van der Waals surface area (Å²) < 4.78 is 0. The average Bonchev–Trinajstić information content (AvgIpc) is 3.18. The number of nitrogens with zero attached hydrogens (tertiary/aromatic N) is 1. The molecule has 3 rings (SSSR count). The van der Waals surface area contributed by atoms with Gasteiger partial charge < -0.3 is 11.1 Å². The van der Waals surface area contributed by atoms with Gasteiger partial charge in [-0.2, -0.15) is 0 Å². The van der Waals surface area contributed by atoms with Crippen LogP contribution in [0.2, 0.25) is 0 Å². The van der Waals surface area contributed by atoms with Crippen molar-refractivity contribution in [1.82, 2.24) is 4.98 Å². The quantitative estimate of drug-likeness (QED) is 0.783. The molecule has 0 aliphatic heterocycles. The lowest BCUT2D eigenvalue weighted by Gasteiger charge is -2.20. The van der Waals surface area contributed by atoms with Crippen LogP contribution in [0, 0.1) is 5.92 Å². The van der Waals surface area contributed by atoms with Crippen molar-refractivity contribution in [2.24, 2.45) is 5.92 Å². The summed E-state index contributed by atoms with van der Waals surface area (Å²) in [5, 5.41) is 5.46. The number of nitrogen functional groups attached to an aromatic ring is 1. The van der Waals surface area contributed by atoms with E-state index in [4.69, 9.17) is 5.73 Å². The molecule has 5 heteroatoms. The van der Waals surface area contributed by atoms with E-state index < -0.39 is 0 Å². The number of thiazole rings is 1. The largest absolute Gasteiger partial charge is 0.399 e. The van der Waals surface area contributed by atoms with Gasteiger partial charge in [-0.15, -0.1) is 11.3 Å². The highest BCUT2D eigenvalue weighted by atomic mass is 32.1. The Kier molecular flexibility index (Phi) is 6.16. The monoisotopic (exact) mass is 331 g/mol. The molecule has 1 fully saturated rings. The number of amides is 1. The number of carbonyl (C=O) groups excluding carboxylic acids is 1. The van der Waals surface area contributed by atoms with Gasteiger partial charge in [0.15, 0.2) is 5.13 Å². The highest BCUT2D eigenvalue weighted by Gasteiger charge is 2.27. The first-order valence-corrected chi connectivity index (χ1v) is 8.66. The molecule has 1 aromatic heterocycles. The molecular formula is C18H25N3OS. The molecule has 2 aromatic rings. The van der Waals surface area contributed by atoms with Crippen LogP contribution in [0.3, 0.4) is 0 Å². The van der Waals surface area contributed by atoms with E-state index >= 15 is 0 Å². The van der Waals surface area contributed by atoms with E-state index in [-0.39, 0.29) is 19.3 Å². The van der Waals surface area contributed by atoms with Gasteiger partial charge in [0, 0.05) is 17.3 Å². The maximum atomic E-state index is 12.7. The second-order valence-electron chi connectivity index (χ2n) is 5.94. The van der Waals surface area contributed by atoms with Gasteiger partial charge in [0.2, 0.25) is 5.91 Å². The third kappa shape index (κ3) is 4.55. The summed E-state index contributed by atoms with van der Waals surface area (Å²) in [4.78, 5) is 16.9. The van der Waals surface area contributed by atoms with Crippen LogP contribution in [0.25, 0.3) is 0 Å². The molecule has 0 radical (unpaired) electrons. The van der Waals surface area contributed by atoms with Crippen molar-refractivity contribution in [3.8, 4) is 0 Å². The number of anilines is 2. The van der Waals surface area contributed by atoms with E-state index in [0.717, 1.165) is 12.0 Å². The van der Waals surface area contributed by atoms with Gasteiger partial charge in [0.05, 0.1) is 5.92 Å². The number of benzene rings is 1. The Hall–Kier alpha value is -1.88. The zero-order chi connectivity index (χ0) is 15.4. The summed E-state index contributed by atoms with van der Waals surface area (Å²) in [6.07, 6.45) is 7.60. The third-order valence-corrected chi connectivity index (χ3v) is 5.02. The Morgan fingerprint density at radius 2 is 2.17 bits per heavy atom.